The summed E-state index contributed by atoms with van der Waals surface area (Å²) in [5.74, 6) is -0.844. The van der Waals surface area contributed by atoms with Crippen LogP contribution in [0.4, 0.5) is 4.39 Å². The Kier molecular flexibility index (Phi) is 3.35. The molecule has 0 aliphatic heterocycles. The van der Waals surface area contributed by atoms with Gasteiger partial charge in [0.15, 0.2) is 0 Å². The molecule has 17 heavy (non-hydrogen) atoms. The molecule has 92 valence electrons. The molecule has 1 fully saturated rings. The lowest BCUT2D eigenvalue weighted by Crippen LogP contribution is -2.31. The highest BCUT2D eigenvalue weighted by Crippen LogP contribution is 2.44. The fourth-order valence-corrected chi connectivity index (χ4v) is 1.76. The van der Waals surface area contributed by atoms with Gasteiger partial charge in [0.05, 0.1) is 11.6 Å². The zero-order valence-corrected chi connectivity index (χ0v) is 9.93. The van der Waals surface area contributed by atoms with Crippen molar-refractivity contribution in [1.29, 1.82) is 0 Å². The van der Waals surface area contributed by atoms with Gasteiger partial charge in [-0.1, -0.05) is 11.6 Å². The quantitative estimate of drug-likeness (QED) is 0.867. The van der Waals surface area contributed by atoms with Gasteiger partial charge in [0.1, 0.15) is 5.82 Å². The lowest BCUT2D eigenvalue weighted by atomic mass is 10.1. The number of hydrogen-bond donors (Lipinski definition) is 2. The Bertz CT molecular complexity index is 446. The molecule has 1 aliphatic rings. The Morgan fingerprint density at radius 3 is 2.76 bits per heavy atom. The van der Waals surface area contributed by atoms with Gasteiger partial charge in [0.25, 0.3) is 5.91 Å². The summed E-state index contributed by atoms with van der Waals surface area (Å²) in [6.07, 6.45) is 1.85. The van der Waals surface area contributed by atoms with Crippen LogP contribution in [-0.2, 0) is 0 Å². The lowest BCUT2D eigenvalue weighted by Gasteiger charge is -2.12. The number of carbonyl (C=O) groups is 1. The minimum absolute atomic E-state index is 0.0686. The summed E-state index contributed by atoms with van der Waals surface area (Å²) in [6, 6.07) is 3.84. The molecule has 0 saturated heterocycles. The van der Waals surface area contributed by atoms with Gasteiger partial charge in [0, 0.05) is 17.5 Å². The molecule has 3 nitrogen and oxygen atoms in total. The summed E-state index contributed by atoms with van der Waals surface area (Å²) in [5.41, 5.74) is 0.185. The molecule has 0 radical (unpaired) electrons. The van der Waals surface area contributed by atoms with Gasteiger partial charge < -0.3 is 10.4 Å². The van der Waals surface area contributed by atoms with E-state index >= 15 is 0 Å². The molecule has 2 N–H and O–H groups in total. The topological polar surface area (TPSA) is 49.3 Å². The van der Waals surface area contributed by atoms with E-state index < -0.39 is 5.82 Å². The van der Waals surface area contributed by atoms with Crippen molar-refractivity contribution in [2.45, 2.75) is 12.8 Å². The minimum Gasteiger partial charge on any atom is -0.396 e. The summed E-state index contributed by atoms with van der Waals surface area (Å²) < 4.78 is 12.9. The summed E-state index contributed by atoms with van der Waals surface area (Å²) >= 11 is 5.59. The average Bonchev–Trinajstić information content (AvgIpc) is 3.10. The number of hydrogen-bond acceptors (Lipinski definition) is 2. The maximum atomic E-state index is 12.9. The number of halogens is 2. The van der Waals surface area contributed by atoms with Gasteiger partial charge in [-0.3, -0.25) is 4.79 Å². The van der Waals surface area contributed by atoms with Crippen LogP contribution in [0.1, 0.15) is 23.2 Å². The van der Waals surface area contributed by atoms with Crippen molar-refractivity contribution in [2.24, 2.45) is 5.41 Å². The number of rotatable bonds is 4. The SMILES string of the molecule is O=C(NCC1(CO)CC1)c1ccc(F)c(Cl)c1. The zero-order valence-electron chi connectivity index (χ0n) is 9.17. The van der Waals surface area contributed by atoms with Crippen molar-refractivity contribution in [3.63, 3.8) is 0 Å². The number of aliphatic hydroxyl groups is 1. The van der Waals surface area contributed by atoms with Crippen LogP contribution in [0.25, 0.3) is 0 Å². The van der Waals surface area contributed by atoms with Gasteiger partial charge in [-0.05, 0) is 31.0 Å². The van der Waals surface area contributed by atoms with Crippen molar-refractivity contribution >= 4 is 17.5 Å². The van der Waals surface area contributed by atoms with Crippen molar-refractivity contribution in [2.75, 3.05) is 13.2 Å². The molecule has 1 aliphatic carbocycles. The third kappa shape index (κ3) is 2.76. The van der Waals surface area contributed by atoms with Crippen molar-refractivity contribution < 1.29 is 14.3 Å². The van der Waals surface area contributed by atoms with Gasteiger partial charge in [0.2, 0.25) is 0 Å². The first kappa shape index (κ1) is 12.3. The van der Waals surface area contributed by atoms with Gasteiger partial charge >= 0.3 is 0 Å². The summed E-state index contributed by atoms with van der Waals surface area (Å²) in [5, 5.41) is 11.7. The van der Waals surface area contributed by atoms with Gasteiger partial charge in [-0.2, -0.15) is 0 Å². The first-order valence-electron chi connectivity index (χ1n) is 5.40. The predicted octanol–water partition coefficient (Wildman–Crippen LogP) is 1.98. The molecule has 0 heterocycles. The Morgan fingerprint density at radius 1 is 1.53 bits per heavy atom. The van der Waals surface area contributed by atoms with Crippen LogP contribution < -0.4 is 5.32 Å². The molecule has 0 spiro atoms. The van der Waals surface area contributed by atoms with Crippen LogP contribution in [-0.4, -0.2) is 24.2 Å². The van der Waals surface area contributed by atoms with E-state index in [2.05, 4.69) is 5.32 Å². The second-order valence-corrected chi connectivity index (χ2v) is 4.88. The molecule has 0 aromatic heterocycles. The molecular weight excluding hydrogens is 245 g/mol. The van der Waals surface area contributed by atoms with Crippen LogP contribution in [0.2, 0.25) is 5.02 Å². The number of benzene rings is 1. The Morgan fingerprint density at radius 2 is 2.24 bits per heavy atom. The molecule has 1 aromatic carbocycles. The second kappa shape index (κ2) is 4.63. The predicted molar refractivity (Wildman–Crippen MR) is 62.5 cm³/mol. The fourth-order valence-electron chi connectivity index (χ4n) is 1.57. The summed E-state index contributed by atoms with van der Waals surface area (Å²) in [7, 11) is 0. The molecule has 0 atom stereocenters. The number of aliphatic hydroxyl groups excluding tert-OH is 1. The summed E-state index contributed by atoms with van der Waals surface area (Å²) in [4.78, 5) is 11.7. The van der Waals surface area contributed by atoms with Gasteiger partial charge in [-0.25, -0.2) is 4.39 Å². The fraction of sp³-hybridized carbons (Fsp3) is 0.417. The lowest BCUT2D eigenvalue weighted by molar-refractivity contribution is 0.0935. The van der Waals surface area contributed by atoms with Gasteiger partial charge in [-0.15, -0.1) is 0 Å². The molecule has 0 bridgehead atoms. The highest BCUT2D eigenvalue weighted by atomic mass is 35.5. The van der Waals surface area contributed by atoms with E-state index in [9.17, 15) is 9.18 Å². The van der Waals surface area contributed by atoms with Crippen molar-refractivity contribution in [1.82, 2.24) is 5.32 Å². The van der Waals surface area contributed by atoms with E-state index in [4.69, 9.17) is 16.7 Å². The van der Waals surface area contributed by atoms with Crippen LogP contribution in [0.15, 0.2) is 18.2 Å². The van der Waals surface area contributed by atoms with E-state index in [1.54, 1.807) is 0 Å². The van der Waals surface area contributed by atoms with E-state index in [1.807, 2.05) is 0 Å². The molecule has 1 aromatic rings. The van der Waals surface area contributed by atoms with E-state index in [0.29, 0.717) is 12.1 Å². The third-order valence-corrected chi connectivity index (χ3v) is 3.39. The molecule has 1 saturated carbocycles. The largest absolute Gasteiger partial charge is 0.396 e. The number of carbonyl (C=O) groups excluding carboxylic acids is 1. The molecule has 2 rings (SSSR count). The maximum absolute atomic E-state index is 12.9. The molecule has 0 unspecified atom stereocenters. The average molecular weight is 258 g/mol. The highest BCUT2D eigenvalue weighted by Gasteiger charge is 2.42. The normalized spacial score (nSPS) is 16.6. The van der Waals surface area contributed by atoms with Crippen LogP contribution >= 0.6 is 11.6 Å². The van der Waals surface area contributed by atoms with E-state index in [-0.39, 0.29) is 23.0 Å². The number of amides is 1. The first-order chi connectivity index (χ1) is 8.06. The smallest absolute Gasteiger partial charge is 0.251 e. The maximum Gasteiger partial charge on any atom is 0.251 e. The van der Waals surface area contributed by atoms with Crippen LogP contribution in [0, 0.1) is 11.2 Å². The number of nitrogens with one attached hydrogen (secondary N) is 1. The molecule has 1 amide bonds. The van der Waals surface area contributed by atoms with Crippen LogP contribution in [0.5, 0.6) is 0 Å². The second-order valence-electron chi connectivity index (χ2n) is 4.47. The Balaban J connectivity index is 1.97. The Labute approximate surface area is 104 Å². The van der Waals surface area contributed by atoms with Crippen molar-refractivity contribution in [3.8, 4) is 0 Å². The molecule has 5 heteroatoms. The monoisotopic (exact) mass is 257 g/mol. The van der Waals surface area contributed by atoms with Crippen LogP contribution in [0.3, 0.4) is 0 Å². The van der Waals surface area contributed by atoms with E-state index in [0.717, 1.165) is 18.9 Å². The summed E-state index contributed by atoms with van der Waals surface area (Å²) in [6.45, 7) is 0.523. The molecular formula is C12H13ClFNO2. The van der Waals surface area contributed by atoms with E-state index in [1.165, 1.54) is 12.1 Å². The standard InChI is InChI=1S/C12H13ClFNO2/c13-9-5-8(1-2-10(9)14)11(17)15-6-12(7-16)3-4-12/h1-2,5,16H,3-4,6-7H2,(H,15,17). The Hall–Kier alpha value is -1.13. The van der Waals surface area contributed by atoms with Crippen molar-refractivity contribution in [3.05, 3.63) is 34.6 Å². The third-order valence-electron chi connectivity index (χ3n) is 3.10. The first-order valence-corrected chi connectivity index (χ1v) is 5.78. The minimum atomic E-state index is -0.544. The highest BCUT2D eigenvalue weighted by molar-refractivity contribution is 6.31. The zero-order chi connectivity index (χ0) is 12.5.